The van der Waals surface area contributed by atoms with Gasteiger partial charge in [-0.25, -0.2) is 9.78 Å². The van der Waals surface area contributed by atoms with Crippen LogP contribution in [-0.4, -0.2) is 23.5 Å². The van der Waals surface area contributed by atoms with Gasteiger partial charge < -0.3 is 14.8 Å². The van der Waals surface area contributed by atoms with Gasteiger partial charge in [0.25, 0.3) is 5.91 Å². The lowest BCUT2D eigenvalue weighted by atomic mass is 10.1. The Hall–Kier alpha value is -3.38. The number of anilines is 1. The zero-order chi connectivity index (χ0) is 19.8. The van der Waals surface area contributed by atoms with E-state index in [-0.39, 0.29) is 5.15 Å². The van der Waals surface area contributed by atoms with Crippen LogP contribution in [0.15, 0.2) is 72.9 Å². The molecule has 0 atom stereocenters. The molecule has 0 unspecified atom stereocenters. The number of amides is 1. The van der Waals surface area contributed by atoms with Crippen LogP contribution in [0.4, 0.5) is 5.69 Å². The lowest BCUT2D eigenvalue weighted by Gasteiger charge is -2.08. The first-order chi connectivity index (χ1) is 13.6. The molecular formula is C21H17ClN2O4. The summed E-state index contributed by atoms with van der Waals surface area (Å²) in [4.78, 5) is 27.8. The van der Waals surface area contributed by atoms with Gasteiger partial charge in [-0.1, -0.05) is 41.9 Å². The third kappa shape index (κ3) is 5.56. The summed E-state index contributed by atoms with van der Waals surface area (Å²) in [5.74, 6) is -0.329. The molecule has 0 radical (unpaired) electrons. The summed E-state index contributed by atoms with van der Waals surface area (Å²) in [6.45, 7) is -0.0451. The molecule has 1 aromatic heterocycles. The minimum atomic E-state index is -0.594. The van der Waals surface area contributed by atoms with Crippen molar-refractivity contribution in [2.45, 2.75) is 6.61 Å². The summed E-state index contributed by atoms with van der Waals surface area (Å²) >= 11 is 5.86. The molecule has 7 heteroatoms. The molecule has 1 amide bonds. The number of carbonyl (C=O) groups is 2. The summed E-state index contributed by atoms with van der Waals surface area (Å²) in [6, 6.07) is 19.5. The van der Waals surface area contributed by atoms with Crippen molar-refractivity contribution in [3.63, 3.8) is 0 Å². The van der Waals surface area contributed by atoms with Crippen LogP contribution >= 0.6 is 11.6 Å². The summed E-state index contributed by atoms with van der Waals surface area (Å²) in [6.07, 6.45) is 1.51. The van der Waals surface area contributed by atoms with Crippen molar-refractivity contribution < 1.29 is 19.1 Å². The lowest BCUT2D eigenvalue weighted by Crippen LogP contribution is -2.21. The molecule has 3 rings (SSSR count). The van der Waals surface area contributed by atoms with Crippen molar-refractivity contribution in [2.24, 2.45) is 0 Å². The molecule has 1 N–H and O–H groups in total. The van der Waals surface area contributed by atoms with Gasteiger partial charge >= 0.3 is 5.97 Å². The molecule has 28 heavy (non-hydrogen) atoms. The topological polar surface area (TPSA) is 77.5 Å². The molecule has 142 valence electrons. The summed E-state index contributed by atoms with van der Waals surface area (Å²) in [5.41, 5.74) is 1.60. The molecule has 0 aliphatic rings. The number of ether oxygens (including phenoxy) is 2. The van der Waals surface area contributed by atoms with Gasteiger partial charge in [-0.2, -0.15) is 0 Å². The number of aromatic nitrogens is 1. The maximum absolute atomic E-state index is 12.1. The van der Waals surface area contributed by atoms with E-state index in [1.165, 1.54) is 6.20 Å². The van der Waals surface area contributed by atoms with Gasteiger partial charge in [-0.15, -0.1) is 0 Å². The van der Waals surface area contributed by atoms with Gasteiger partial charge in [0.1, 0.15) is 12.4 Å². The largest absolute Gasteiger partial charge is 0.489 e. The monoisotopic (exact) mass is 396 g/mol. The molecule has 2 aromatic carbocycles. The van der Waals surface area contributed by atoms with Crippen LogP contribution in [0.25, 0.3) is 0 Å². The molecule has 0 fully saturated rings. The average Bonchev–Trinajstić information content (AvgIpc) is 2.73. The first kappa shape index (κ1) is 19.4. The molecule has 0 aliphatic heterocycles. The van der Waals surface area contributed by atoms with E-state index in [4.69, 9.17) is 21.1 Å². The van der Waals surface area contributed by atoms with Crippen LogP contribution in [-0.2, 0) is 16.1 Å². The SMILES string of the molecule is O=C(COC(=O)c1ccc(COc2ccccc2)cc1)Nc1cccnc1Cl. The Kier molecular flexibility index (Phi) is 6.59. The maximum Gasteiger partial charge on any atom is 0.338 e. The number of carbonyl (C=O) groups excluding carboxylic acids is 2. The van der Waals surface area contributed by atoms with Gasteiger partial charge in [0, 0.05) is 6.20 Å². The molecular weight excluding hydrogens is 380 g/mol. The molecule has 3 aromatic rings. The van der Waals surface area contributed by atoms with Crippen molar-refractivity contribution in [1.29, 1.82) is 0 Å². The highest BCUT2D eigenvalue weighted by atomic mass is 35.5. The van der Waals surface area contributed by atoms with Crippen LogP contribution in [0, 0.1) is 0 Å². The number of halogens is 1. The number of nitrogens with zero attached hydrogens (tertiary/aromatic N) is 1. The van der Waals surface area contributed by atoms with Crippen LogP contribution in [0.2, 0.25) is 5.15 Å². The molecule has 0 aliphatic carbocycles. The van der Waals surface area contributed by atoms with E-state index < -0.39 is 18.5 Å². The highest BCUT2D eigenvalue weighted by molar-refractivity contribution is 6.32. The van der Waals surface area contributed by atoms with Gasteiger partial charge in [-0.3, -0.25) is 4.79 Å². The Balaban J connectivity index is 1.47. The number of benzene rings is 2. The molecule has 0 bridgehead atoms. The Morgan fingerprint density at radius 2 is 1.71 bits per heavy atom. The van der Waals surface area contributed by atoms with Gasteiger partial charge in [0.15, 0.2) is 11.8 Å². The predicted molar refractivity (Wildman–Crippen MR) is 105 cm³/mol. The van der Waals surface area contributed by atoms with Gasteiger partial charge in [-0.05, 0) is 42.0 Å². The number of rotatable bonds is 7. The fourth-order valence-electron chi connectivity index (χ4n) is 2.30. The highest BCUT2D eigenvalue weighted by Crippen LogP contribution is 2.17. The zero-order valence-corrected chi connectivity index (χ0v) is 15.6. The lowest BCUT2D eigenvalue weighted by molar-refractivity contribution is -0.119. The van der Waals surface area contributed by atoms with Gasteiger partial charge in [0.05, 0.1) is 11.3 Å². The van der Waals surface area contributed by atoms with Crippen molar-refractivity contribution in [3.8, 4) is 5.75 Å². The highest BCUT2D eigenvalue weighted by Gasteiger charge is 2.12. The van der Waals surface area contributed by atoms with E-state index in [1.807, 2.05) is 30.3 Å². The third-order valence-electron chi connectivity index (χ3n) is 3.71. The second-order valence-electron chi connectivity index (χ2n) is 5.76. The fourth-order valence-corrected chi connectivity index (χ4v) is 2.47. The number of esters is 1. The molecule has 0 spiro atoms. The Bertz CT molecular complexity index is 946. The number of hydrogen-bond acceptors (Lipinski definition) is 5. The summed E-state index contributed by atoms with van der Waals surface area (Å²) in [7, 11) is 0. The molecule has 0 saturated carbocycles. The van der Waals surface area contributed by atoms with Crippen LogP contribution in [0.3, 0.4) is 0 Å². The zero-order valence-electron chi connectivity index (χ0n) is 14.8. The van der Waals surface area contributed by atoms with E-state index in [0.29, 0.717) is 17.9 Å². The number of nitrogens with one attached hydrogen (secondary N) is 1. The maximum atomic E-state index is 12.1. The summed E-state index contributed by atoms with van der Waals surface area (Å²) in [5, 5.41) is 2.69. The van der Waals surface area contributed by atoms with Crippen LogP contribution < -0.4 is 10.1 Å². The van der Waals surface area contributed by atoms with Crippen molar-refractivity contribution >= 4 is 29.2 Å². The minimum absolute atomic E-state index is 0.162. The Morgan fingerprint density at radius 1 is 0.964 bits per heavy atom. The molecule has 0 saturated heterocycles. The second kappa shape index (κ2) is 9.53. The van der Waals surface area contributed by atoms with E-state index in [0.717, 1.165) is 11.3 Å². The average molecular weight is 397 g/mol. The Morgan fingerprint density at radius 3 is 2.43 bits per heavy atom. The Labute approximate surface area is 167 Å². The van der Waals surface area contributed by atoms with Crippen molar-refractivity contribution in [3.05, 3.63) is 89.2 Å². The number of pyridine rings is 1. The van der Waals surface area contributed by atoms with Crippen LogP contribution in [0.1, 0.15) is 15.9 Å². The second-order valence-corrected chi connectivity index (χ2v) is 6.12. The number of hydrogen-bond donors (Lipinski definition) is 1. The van der Waals surface area contributed by atoms with E-state index >= 15 is 0 Å². The predicted octanol–water partition coefficient (Wildman–Crippen LogP) is 4.11. The summed E-state index contributed by atoms with van der Waals surface area (Å²) < 4.78 is 10.7. The smallest absolute Gasteiger partial charge is 0.338 e. The normalized spacial score (nSPS) is 10.2. The van der Waals surface area contributed by atoms with Gasteiger partial charge in [0.2, 0.25) is 0 Å². The molecule has 1 heterocycles. The quantitative estimate of drug-likeness (QED) is 0.480. The first-order valence-electron chi connectivity index (χ1n) is 8.46. The third-order valence-corrected chi connectivity index (χ3v) is 4.01. The molecule has 6 nitrogen and oxygen atoms in total. The van der Waals surface area contributed by atoms with Crippen molar-refractivity contribution in [1.82, 2.24) is 4.98 Å². The van der Waals surface area contributed by atoms with E-state index in [2.05, 4.69) is 10.3 Å². The standard InChI is InChI=1S/C21H17ClN2O4/c22-20-18(7-4-12-23-20)24-19(25)14-28-21(26)16-10-8-15(9-11-16)13-27-17-5-2-1-3-6-17/h1-12H,13-14H2,(H,24,25). The van der Waals surface area contributed by atoms with E-state index in [1.54, 1.807) is 36.4 Å². The minimum Gasteiger partial charge on any atom is -0.489 e. The first-order valence-corrected chi connectivity index (χ1v) is 8.84. The van der Waals surface area contributed by atoms with E-state index in [9.17, 15) is 9.59 Å². The van der Waals surface area contributed by atoms with Crippen LogP contribution in [0.5, 0.6) is 5.75 Å². The fraction of sp³-hybridized carbons (Fsp3) is 0.0952. The van der Waals surface area contributed by atoms with Crippen molar-refractivity contribution in [2.75, 3.05) is 11.9 Å². The number of para-hydroxylation sites is 1.